The van der Waals surface area contributed by atoms with Crippen LogP contribution >= 0.6 is 0 Å². The van der Waals surface area contributed by atoms with E-state index < -0.39 is 41.7 Å². The van der Waals surface area contributed by atoms with Gasteiger partial charge in [0.1, 0.15) is 5.56 Å². The van der Waals surface area contributed by atoms with E-state index >= 15 is 0 Å². The van der Waals surface area contributed by atoms with Crippen LogP contribution in [0.1, 0.15) is 41.7 Å². The maximum Gasteiger partial charge on any atom is 0.420 e. The highest BCUT2D eigenvalue weighted by Crippen LogP contribution is 2.38. The first kappa shape index (κ1) is 15.7. The van der Waals surface area contributed by atoms with E-state index in [4.69, 9.17) is 5.11 Å². The Morgan fingerprint density at radius 1 is 1.48 bits per heavy atom. The molecule has 1 atom stereocenters. The number of aromatic nitrogens is 2. The molecule has 4 nitrogen and oxygen atoms in total. The molecule has 0 saturated heterocycles. The first-order chi connectivity index (χ1) is 9.60. The summed E-state index contributed by atoms with van der Waals surface area (Å²) >= 11 is 0. The van der Waals surface area contributed by atoms with Gasteiger partial charge in [-0.25, -0.2) is 13.6 Å². The van der Waals surface area contributed by atoms with Crippen LogP contribution in [0.5, 0.6) is 0 Å². The van der Waals surface area contributed by atoms with E-state index in [9.17, 15) is 26.7 Å². The molecule has 0 aromatic carbocycles. The van der Waals surface area contributed by atoms with Gasteiger partial charge in [0, 0.05) is 19.4 Å². The highest BCUT2D eigenvalue weighted by atomic mass is 19.4. The summed E-state index contributed by atoms with van der Waals surface area (Å²) in [5.41, 5.74) is -2.37. The maximum absolute atomic E-state index is 13.3. The fraction of sp³-hybridized carbons (Fsp3) is 0.667. The molecule has 1 aliphatic rings. The summed E-state index contributed by atoms with van der Waals surface area (Å²) in [5.74, 6) is -5.22. The molecule has 0 spiro atoms. The van der Waals surface area contributed by atoms with Gasteiger partial charge in [0.05, 0.1) is 6.20 Å². The van der Waals surface area contributed by atoms with Crippen LogP contribution in [0.25, 0.3) is 0 Å². The minimum Gasteiger partial charge on any atom is -0.477 e. The van der Waals surface area contributed by atoms with E-state index in [1.165, 1.54) is 0 Å². The number of hydrogen-bond donors (Lipinski definition) is 1. The van der Waals surface area contributed by atoms with Gasteiger partial charge in [-0.05, 0) is 18.8 Å². The lowest BCUT2D eigenvalue weighted by molar-refractivity contribution is -0.138. The Bertz CT molecular complexity index is 538. The summed E-state index contributed by atoms with van der Waals surface area (Å²) in [4.78, 5) is 11.0. The van der Waals surface area contributed by atoms with Crippen molar-refractivity contribution < 1.29 is 31.9 Å². The smallest absolute Gasteiger partial charge is 0.420 e. The summed E-state index contributed by atoms with van der Waals surface area (Å²) in [5, 5.41) is 12.3. The topological polar surface area (TPSA) is 55.1 Å². The Hall–Kier alpha value is -1.67. The molecule has 0 bridgehead atoms. The summed E-state index contributed by atoms with van der Waals surface area (Å²) in [6, 6.07) is 0. The van der Waals surface area contributed by atoms with E-state index in [1.54, 1.807) is 0 Å². The van der Waals surface area contributed by atoms with Crippen molar-refractivity contribution in [2.24, 2.45) is 5.92 Å². The monoisotopic (exact) mass is 312 g/mol. The van der Waals surface area contributed by atoms with Crippen LogP contribution in [0.4, 0.5) is 22.0 Å². The van der Waals surface area contributed by atoms with Gasteiger partial charge in [0.15, 0.2) is 5.69 Å². The molecule has 1 heterocycles. The molecular formula is C12H13F5N2O2. The van der Waals surface area contributed by atoms with Crippen LogP contribution in [0.3, 0.4) is 0 Å². The second-order valence-corrected chi connectivity index (χ2v) is 5.21. The number of aromatic carboxylic acids is 1. The molecule has 1 aromatic rings. The summed E-state index contributed by atoms with van der Waals surface area (Å²) < 4.78 is 65.3. The van der Waals surface area contributed by atoms with Crippen molar-refractivity contribution in [2.45, 2.75) is 44.3 Å². The average Bonchev–Trinajstić information content (AvgIpc) is 2.71. The second-order valence-electron chi connectivity index (χ2n) is 5.21. The molecule has 1 fully saturated rings. The van der Waals surface area contributed by atoms with Crippen molar-refractivity contribution in [2.75, 3.05) is 0 Å². The van der Waals surface area contributed by atoms with E-state index in [0.29, 0.717) is 17.3 Å². The molecule has 21 heavy (non-hydrogen) atoms. The lowest BCUT2D eigenvalue weighted by atomic mass is 9.86. The Balaban J connectivity index is 2.25. The lowest BCUT2D eigenvalue weighted by Crippen LogP contribution is -2.29. The standard InChI is InChI=1S/C12H13F5N2O2/c13-11(14)3-1-2-7(4-11)6-19-9(10(20)21)8(5-18-19)12(15,16)17/h5,7H,1-4,6H2,(H,20,21). The van der Waals surface area contributed by atoms with Gasteiger partial charge in [0.2, 0.25) is 5.92 Å². The van der Waals surface area contributed by atoms with Crippen LogP contribution in [0.15, 0.2) is 6.20 Å². The third kappa shape index (κ3) is 3.51. The molecule has 1 unspecified atom stereocenters. The molecule has 1 N–H and O–H groups in total. The zero-order valence-corrected chi connectivity index (χ0v) is 10.8. The van der Waals surface area contributed by atoms with Gasteiger partial charge < -0.3 is 5.11 Å². The van der Waals surface area contributed by atoms with Crippen LogP contribution < -0.4 is 0 Å². The van der Waals surface area contributed by atoms with Crippen LogP contribution in [0.2, 0.25) is 0 Å². The number of carbonyl (C=O) groups is 1. The maximum atomic E-state index is 13.3. The number of rotatable bonds is 3. The summed E-state index contributed by atoms with van der Waals surface area (Å²) in [6.45, 7) is -0.257. The summed E-state index contributed by atoms with van der Waals surface area (Å²) in [7, 11) is 0. The zero-order valence-electron chi connectivity index (χ0n) is 10.8. The predicted molar refractivity (Wildman–Crippen MR) is 61.1 cm³/mol. The highest BCUT2D eigenvalue weighted by molar-refractivity contribution is 5.87. The molecule has 0 radical (unpaired) electrons. The number of carboxylic acids is 1. The Labute approximate surface area is 116 Å². The quantitative estimate of drug-likeness (QED) is 0.870. The molecule has 9 heteroatoms. The Morgan fingerprint density at radius 2 is 2.14 bits per heavy atom. The largest absolute Gasteiger partial charge is 0.477 e. The van der Waals surface area contributed by atoms with E-state index in [1.807, 2.05) is 0 Å². The first-order valence-electron chi connectivity index (χ1n) is 6.34. The van der Waals surface area contributed by atoms with Gasteiger partial charge in [-0.3, -0.25) is 4.68 Å². The average molecular weight is 312 g/mol. The van der Waals surface area contributed by atoms with Gasteiger partial charge in [-0.2, -0.15) is 18.3 Å². The predicted octanol–water partition coefficient (Wildman–Crippen LogP) is 3.43. The van der Waals surface area contributed by atoms with Gasteiger partial charge >= 0.3 is 12.1 Å². The van der Waals surface area contributed by atoms with Crippen LogP contribution in [0, 0.1) is 5.92 Å². The highest BCUT2D eigenvalue weighted by Gasteiger charge is 2.40. The minimum atomic E-state index is -4.84. The number of halogens is 5. The summed E-state index contributed by atoms with van der Waals surface area (Å²) in [6.07, 6.45) is -4.47. The normalized spacial score (nSPS) is 22.2. The number of hydrogen-bond acceptors (Lipinski definition) is 2. The molecule has 1 aromatic heterocycles. The molecule has 2 rings (SSSR count). The number of nitrogens with zero attached hydrogens (tertiary/aromatic N) is 2. The minimum absolute atomic E-state index is 0.248. The number of carboxylic acid groups (broad SMARTS) is 1. The third-order valence-corrected chi connectivity index (χ3v) is 3.52. The zero-order chi connectivity index (χ0) is 15.8. The van der Waals surface area contributed by atoms with Gasteiger partial charge in [0.25, 0.3) is 0 Å². The van der Waals surface area contributed by atoms with Crippen molar-refractivity contribution in [1.29, 1.82) is 0 Å². The fourth-order valence-corrected chi connectivity index (χ4v) is 2.63. The van der Waals surface area contributed by atoms with Crippen LogP contribution in [-0.4, -0.2) is 26.8 Å². The van der Waals surface area contributed by atoms with Gasteiger partial charge in [-0.1, -0.05) is 0 Å². The van der Waals surface area contributed by atoms with Crippen molar-refractivity contribution in [3.8, 4) is 0 Å². The van der Waals surface area contributed by atoms with E-state index in [2.05, 4.69) is 5.10 Å². The van der Waals surface area contributed by atoms with Gasteiger partial charge in [-0.15, -0.1) is 0 Å². The molecule has 118 valence electrons. The van der Waals surface area contributed by atoms with Crippen molar-refractivity contribution >= 4 is 5.97 Å². The van der Waals surface area contributed by atoms with E-state index in [-0.39, 0.29) is 19.4 Å². The third-order valence-electron chi connectivity index (χ3n) is 3.52. The van der Waals surface area contributed by atoms with Crippen molar-refractivity contribution in [1.82, 2.24) is 9.78 Å². The SMILES string of the molecule is O=C(O)c1c(C(F)(F)F)cnn1CC1CCCC(F)(F)C1. The van der Waals surface area contributed by atoms with E-state index in [0.717, 1.165) is 0 Å². The van der Waals surface area contributed by atoms with Crippen molar-refractivity contribution in [3.05, 3.63) is 17.5 Å². The fourth-order valence-electron chi connectivity index (χ4n) is 2.63. The Kier molecular flexibility index (Phi) is 3.94. The first-order valence-corrected chi connectivity index (χ1v) is 6.34. The molecular weight excluding hydrogens is 299 g/mol. The lowest BCUT2D eigenvalue weighted by Gasteiger charge is -2.28. The second kappa shape index (κ2) is 5.27. The molecule has 0 aliphatic heterocycles. The number of alkyl halides is 5. The Morgan fingerprint density at radius 3 is 2.67 bits per heavy atom. The van der Waals surface area contributed by atoms with Crippen molar-refractivity contribution in [3.63, 3.8) is 0 Å². The molecule has 1 aliphatic carbocycles. The van der Waals surface area contributed by atoms with Crippen LogP contribution in [-0.2, 0) is 12.7 Å². The molecule has 1 saturated carbocycles. The molecule has 0 amide bonds.